The molecule has 108 valence electrons. The van der Waals surface area contributed by atoms with E-state index in [1.54, 1.807) is 12.1 Å². The SMILES string of the molecule is CC(C)(CNC(=O)C1CC1C(=O)O)c1ccc(F)cc1. The molecule has 1 amide bonds. The summed E-state index contributed by atoms with van der Waals surface area (Å²) in [5, 5.41) is 11.6. The Balaban J connectivity index is 1.91. The van der Waals surface area contributed by atoms with E-state index < -0.39 is 17.8 Å². The lowest BCUT2D eigenvalue weighted by molar-refractivity contribution is -0.140. The summed E-state index contributed by atoms with van der Waals surface area (Å²) in [5.74, 6) is -2.37. The van der Waals surface area contributed by atoms with E-state index in [1.807, 2.05) is 13.8 Å². The van der Waals surface area contributed by atoms with Gasteiger partial charge in [-0.15, -0.1) is 0 Å². The summed E-state index contributed by atoms with van der Waals surface area (Å²) in [7, 11) is 0. The van der Waals surface area contributed by atoms with Crippen LogP contribution >= 0.6 is 0 Å². The molecule has 2 rings (SSSR count). The fraction of sp³-hybridized carbons (Fsp3) is 0.467. The number of benzene rings is 1. The molecule has 1 aromatic rings. The Kier molecular flexibility index (Phi) is 3.79. The van der Waals surface area contributed by atoms with Crippen molar-refractivity contribution in [3.63, 3.8) is 0 Å². The molecule has 20 heavy (non-hydrogen) atoms. The van der Waals surface area contributed by atoms with E-state index in [-0.39, 0.29) is 17.1 Å². The predicted molar refractivity (Wildman–Crippen MR) is 71.7 cm³/mol. The van der Waals surface area contributed by atoms with Gasteiger partial charge >= 0.3 is 5.97 Å². The topological polar surface area (TPSA) is 66.4 Å². The normalized spacial score (nSPS) is 21.4. The van der Waals surface area contributed by atoms with Gasteiger partial charge in [-0.3, -0.25) is 9.59 Å². The van der Waals surface area contributed by atoms with Crippen LogP contribution < -0.4 is 5.32 Å². The lowest BCUT2D eigenvalue weighted by Crippen LogP contribution is -2.37. The van der Waals surface area contributed by atoms with Gasteiger partial charge in [0.1, 0.15) is 5.82 Å². The van der Waals surface area contributed by atoms with Gasteiger partial charge in [-0.25, -0.2) is 4.39 Å². The van der Waals surface area contributed by atoms with Crippen molar-refractivity contribution in [1.29, 1.82) is 0 Å². The molecule has 0 spiro atoms. The van der Waals surface area contributed by atoms with Crippen molar-refractivity contribution in [3.05, 3.63) is 35.6 Å². The smallest absolute Gasteiger partial charge is 0.307 e. The molecule has 5 heteroatoms. The third-order valence-electron chi connectivity index (χ3n) is 3.77. The van der Waals surface area contributed by atoms with Crippen LogP contribution in [0.5, 0.6) is 0 Å². The number of carbonyl (C=O) groups is 2. The largest absolute Gasteiger partial charge is 0.481 e. The molecule has 2 atom stereocenters. The highest BCUT2D eigenvalue weighted by Gasteiger charge is 2.48. The Morgan fingerprint density at radius 3 is 2.40 bits per heavy atom. The Hall–Kier alpha value is -1.91. The van der Waals surface area contributed by atoms with E-state index in [2.05, 4.69) is 5.32 Å². The summed E-state index contributed by atoms with van der Waals surface area (Å²) < 4.78 is 12.9. The number of rotatable bonds is 5. The van der Waals surface area contributed by atoms with Crippen molar-refractivity contribution in [1.82, 2.24) is 5.32 Å². The van der Waals surface area contributed by atoms with Gasteiger partial charge in [-0.1, -0.05) is 26.0 Å². The molecule has 0 radical (unpaired) electrons. The number of carbonyl (C=O) groups excluding carboxylic acids is 1. The number of hydrogen-bond donors (Lipinski definition) is 2. The zero-order chi connectivity index (χ0) is 14.9. The second-order valence-electron chi connectivity index (χ2n) is 5.90. The molecular formula is C15H18FNO3. The van der Waals surface area contributed by atoms with Gasteiger partial charge in [-0.05, 0) is 24.1 Å². The Morgan fingerprint density at radius 2 is 1.90 bits per heavy atom. The number of aliphatic carboxylic acids is 1. The molecule has 0 aromatic heterocycles. The van der Waals surface area contributed by atoms with Crippen LogP contribution in [-0.4, -0.2) is 23.5 Å². The van der Waals surface area contributed by atoms with Crippen molar-refractivity contribution < 1.29 is 19.1 Å². The van der Waals surface area contributed by atoms with E-state index in [0.717, 1.165) is 5.56 Å². The maximum atomic E-state index is 12.9. The molecule has 2 N–H and O–H groups in total. The molecule has 1 saturated carbocycles. The molecule has 0 saturated heterocycles. The second kappa shape index (κ2) is 5.23. The zero-order valence-corrected chi connectivity index (χ0v) is 11.5. The van der Waals surface area contributed by atoms with Crippen LogP contribution in [0.2, 0.25) is 0 Å². The van der Waals surface area contributed by atoms with Gasteiger partial charge in [0.25, 0.3) is 0 Å². The first-order valence-electron chi connectivity index (χ1n) is 6.58. The number of halogens is 1. The van der Waals surface area contributed by atoms with Crippen molar-refractivity contribution >= 4 is 11.9 Å². The number of carboxylic acids is 1. The number of amides is 1. The number of carboxylic acid groups (broad SMARTS) is 1. The summed E-state index contributed by atoms with van der Waals surface area (Å²) in [6, 6.07) is 6.16. The monoisotopic (exact) mass is 279 g/mol. The standard InChI is InChI=1S/C15H18FNO3/c1-15(2,9-3-5-10(16)6-4-9)8-17-13(18)11-7-12(11)14(19)20/h3-6,11-12H,7-8H2,1-2H3,(H,17,18)(H,19,20). The van der Waals surface area contributed by atoms with E-state index >= 15 is 0 Å². The molecule has 0 heterocycles. The molecule has 1 aromatic carbocycles. The highest BCUT2D eigenvalue weighted by Crippen LogP contribution is 2.38. The molecular weight excluding hydrogens is 261 g/mol. The number of hydrogen-bond acceptors (Lipinski definition) is 2. The predicted octanol–water partition coefficient (Wildman–Crippen LogP) is 1.94. The maximum Gasteiger partial charge on any atom is 0.307 e. The van der Waals surface area contributed by atoms with Gasteiger partial charge in [0, 0.05) is 12.0 Å². The quantitative estimate of drug-likeness (QED) is 0.865. The first kappa shape index (κ1) is 14.5. The van der Waals surface area contributed by atoms with Crippen molar-refractivity contribution in [2.45, 2.75) is 25.7 Å². The van der Waals surface area contributed by atoms with Crippen LogP contribution in [0.25, 0.3) is 0 Å². The van der Waals surface area contributed by atoms with Crippen molar-refractivity contribution in [2.24, 2.45) is 11.8 Å². The van der Waals surface area contributed by atoms with Crippen LogP contribution in [-0.2, 0) is 15.0 Å². The third-order valence-corrected chi connectivity index (χ3v) is 3.77. The van der Waals surface area contributed by atoms with E-state index in [4.69, 9.17) is 5.11 Å². The average Bonchev–Trinajstić information content (AvgIpc) is 3.17. The van der Waals surface area contributed by atoms with Crippen LogP contribution in [0.15, 0.2) is 24.3 Å². The molecule has 1 aliphatic rings. The first-order chi connectivity index (χ1) is 9.31. The number of nitrogens with one attached hydrogen (secondary N) is 1. The Morgan fingerprint density at radius 1 is 1.30 bits per heavy atom. The Bertz CT molecular complexity index is 524. The van der Waals surface area contributed by atoms with E-state index in [1.165, 1.54) is 12.1 Å². The fourth-order valence-corrected chi connectivity index (χ4v) is 2.20. The molecule has 1 fully saturated rings. The fourth-order valence-electron chi connectivity index (χ4n) is 2.20. The molecule has 2 unspecified atom stereocenters. The summed E-state index contributed by atoms with van der Waals surface area (Å²) in [6.07, 6.45) is 0.415. The lowest BCUT2D eigenvalue weighted by atomic mass is 9.84. The third kappa shape index (κ3) is 3.15. The Labute approximate surface area is 117 Å². The molecule has 1 aliphatic carbocycles. The van der Waals surface area contributed by atoms with Gasteiger partial charge in [-0.2, -0.15) is 0 Å². The molecule has 4 nitrogen and oxygen atoms in total. The summed E-state index contributed by atoms with van der Waals surface area (Å²) in [5.41, 5.74) is 0.585. The summed E-state index contributed by atoms with van der Waals surface area (Å²) in [6.45, 7) is 4.28. The average molecular weight is 279 g/mol. The van der Waals surface area contributed by atoms with Crippen LogP contribution in [0.1, 0.15) is 25.8 Å². The zero-order valence-electron chi connectivity index (χ0n) is 11.5. The second-order valence-corrected chi connectivity index (χ2v) is 5.90. The van der Waals surface area contributed by atoms with Gasteiger partial charge < -0.3 is 10.4 Å². The van der Waals surface area contributed by atoms with Crippen LogP contribution in [0, 0.1) is 17.7 Å². The first-order valence-corrected chi connectivity index (χ1v) is 6.58. The highest BCUT2D eigenvalue weighted by molar-refractivity contribution is 5.89. The van der Waals surface area contributed by atoms with Crippen molar-refractivity contribution in [3.8, 4) is 0 Å². The minimum absolute atomic E-state index is 0.215. The molecule has 0 bridgehead atoms. The van der Waals surface area contributed by atoms with E-state index in [9.17, 15) is 14.0 Å². The van der Waals surface area contributed by atoms with Gasteiger partial charge in [0.05, 0.1) is 11.8 Å². The van der Waals surface area contributed by atoms with Crippen LogP contribution in [0.4, 0.5) is 4.39 Å². The van der Waals surface area contributed by atoms with Crippen LogP contribution in [0.3, 0.4) is 0 Å². The maximum absolute atomic E-state index is 12.9. The highest BCUT2D eigenvalue weighted by atomic mass is 19.1. The van der Waals surface area contributed by atoms with Gasteiger partial charge in [0.2, 0.25) is 5.91 Å². The summed E-state index contributed by atoms with van der Waals surface area (Å²) in [4.78, 5) is 22.5. The minimum Gasteiger partial charge on any atom is -0.481 e. The van der Waals surface area contributed by atoms with Gasteiger partial charge in [0.15, 0.2) is 0 Å². The minimum atomic E-state index is -0.914. The van der Waals surface area contributed by atoms with E-state index in [0.29, 0.717) is 13.0 Å². The van der Waals surface area contributed by atoms with Crippen molar-refractivity contribution in [2.75, 3.05) is 6.54 Å². The lowest BCUT2D eigenvalue weighted by Gasteiger charge is -2.25. The molecule has 0 aliphatic heterocycles. The summed E-state index contributed by atoms with van der Waals surface area (Å²) >= 11 is 0.